The maximum atomic E-state index is 13.2. The van der Waals surface area contributed by atoms with Gasteiger partial charge in [0.1, 0.15) is 0 Å². The summed E-state index contributed by atoms with van der Waals surface area (Å²) in [7, 11) is 0. The summed E-state index contributed by atoms with van der Waals surface area (Å²) in [4.78, 5) is 2.24. The van der Waals surface area contributed by atoms with E-state index in [-0.39, 0.29) is 6.04 Å². The lowest BCUT2D eigenvalue weighted by molar-refractivity contribution is -0.138. The van der Waals surface area contributed by atoms with Crippen LogP contribution in [0.1, 0.15) is 31.0 Å². The third-order valence-electron chi connectivity index (χ3n) is 5.19. The van der Waals surface area contributed by atoms with Gasteiger partial charge in [-0.3, -0.25) is 4.90 Å². The standard InChI is InChI=1S/C16H21F3N2/c1-10(13-5-3-4-6-15(13)16(17,18)19)21-9-12-7-20-8-14(12)11(21)2/h3-6,10-12,14,20H,7-9H2,1-2H3. The van der Waals surface area contributed by atoms with Gasteiger partial charge in [0.05, 0.1) is 5.56 Å². The van der Waals surface area contributed by atoms with Crippen molar-refractivity contribution in [3.63, 3.8) is 0 Å². The molecule has 2 heterocycles. The summed E-state index contributed by atoms with van der Waals surface area (Å²) in [6, 6.07) is 6.08. The lowest BCUT2D eigenvalue weighted by Gasteiger charge is -2.32. The highest BCUT2D eigenvalue weighted by molar-refractivity contribution is 5.32. The Labute approximate surface area is 123 Å². The minimum atomic E-state index is -4.29. The molecule has 21 heavy (non-hydrogen) atoms. The topological polar surface area (TPSA) is 15.3 Å². The van der Waals surface area contributed by atoms with Crippen molar-refractivity contribution in [3.8, 4) is 0 Å². The maximum absolute atomic E-state index is 13.2. The summed E-state index contributed by atoms with van der Waals surface area (Å²) in [5, 5.41) is 3.38. The first-order chi connectivity index (χ1) is 9.89. The van der Waals surface area contributed by atoms with Gasteiger partial charge in [-0.15, -0.1) is 0 Å². The zero-order valence-corrected chi connectivity index (χ0v) is 12.3. The van der Waals surface area contributed by atoms with E-state index < -0.39 is 11.7 Å². The SMILES string of the molecule is CC(c1ccccc1C(F)(F)F)N1CC2CNCC2C1C. The fraction of sp³-hybridized carbons (Fsp3) is 0.625. The highest BCUT2D eigenvalue weighted by Crippen LogP contribution is 2.41. The Morgan fingerprint density at radius 2 is 1.95 bits per heavy atom. The quantitative estimate of drug-likeness (QED) is 0.901. The van der Waals surface area contributed by atoms with Crippen molar-refractivity contribution in [2.24, 2.45) is 11.8 Å². The summed E-state index contributed by atoms with van der Waals surface area (Å²) in [5.41, 5.74) is -0.107. The molecule has 0 spiro atoms. The molecule has 1 N–H and O–H groups in total. The van der Waals surface area contributed by atoms with Gasteiger partial charge in [-0.25, -0.2) is 0 Å². The van der Waals surface area contributed by atoms with E-state index in [2.05, 4.69) is 17.1 Å². The van der Waals surface area contributed by atoms with E-state index in [1.807, 2.05) is 6.92 Å². The van der Waals surface area contributed by atoms with E-state index >= 15 is 0 Å². The van der Waals surface area contributed by atoms with E-state index in [1.165, 1.54) is 12.1 Å². The van der Waals surface area contributed by atoms with Crippen LogP contribution in [0, 0.1) is 11.8 Å². The number of likely N-dealkylation sites (tertiary alicyclic amines) is 1. The first-order valence-electron chi connectivity index (χ1n) is 7.52. The second-order valence-electron chi connectivity index (χ2n) is 6.28. The summed E-state index contributed by atoms with van der Waals surface area (Å²) in [5.74, 6) is 1.13. The van der Waals surface area contributed by atoms with Crippen LogP contribution in [-0.4, -0.2) is 30.6 Å². The van der Waals surface area contributed by atoms with Gasteiger partial charge >= 0.3 is 6.18 Å². The molecule has 0 aliphatic carbocycles. The van der Waals surface area contributed by atoms with Crippen molar-refractivity contribution in [2.75, 3.05) is 19.6 Å². The van der Waals surface area contributed by atoms with E-state index in [1.54, 1.807) is 12.1 Å². The summed E-state index contributed by atoms with van der Waals surface area (Å²) in [6.45, 7) is 6.89. The summed E-state index contributed by atoms with van der Waals surface area (Å²) in [6.07, 6.45) is -4.29. The molecule has 0 bridgehead atoms. The van der Waals surface area contributed by atoms with Crippen LogP contribution < -0.4 is 5.32 Å². The third-order valence-corrected chi connectivity index (χ3v) is 5.19. The molecule has 0 amide bonds. The molecule has 4 atom stereocenters. The molecular formula is C16H21F3N2. The van der Waals surface area contributed by atoms with Crippen molar-refractivity contribution in [1.29, 1.82) is 0 Å². The van der Waals surface area contributed by atoms with E-state index in [0.29, 0.717) is 23.4 Å². The van der Waals surface area contributed by atoms with E-state index in [9.17, 15) is 13.2 Å². The molecular weight excluding hydrogens is 277 g/mol. The molecule has 1 aromatic rings. The zero-order valence-electron chi connectivity index (χ0n) is 12.3. The molecule has 0 radical (unpaired) electrons. The van der Waals surface area contributed by atoms with Crippen molar-refractivity contribution in [1.82, 2.24) is 10.2 Å². The van der Waals surface area contributed by atoms with Crippen LogP contribution in [0.5, 0.6) is 0 Å². The van der Waals surface area contributed by atoms with Gasteiger partial charge in [-0.2, -0.15) is 13.2 Å². The minimum Gasteiger partial charge on any atom is -0.316 e. The first-order valence-corrected chi connectivity index (χ1v) is 7.52. The van der Waals surface area contributed by atoms with Gasteiger partial charge in [0.15, 0.2) is 0 Å². The van der Waals surface area contributed by atoms with Gasteiger partial charge in [0.25, 0.3) is 0 Å². The number of benzene rings is 1. The Hall–Kier alpha value is -1.07. The highest BCUT2D eigenvalue weighted by Gasteiger charge is 2.44. The maximum Gasteiger partial charge on any atom is 0.416 e. The number of halogens is 3. The molecule has 2 nitrogen and oxygen atoms in total. The number of nitrogens with one attached hydrogen (secondary N) is 1. The summed E-state index contributed by atoms with van der Waals surface area (Å²) >= 11 is 0. The number of rotatable bonds is 2. The van der Waals surface area contributed by atoms with Crippen LogP contribution in [0.25, 0.3) is 0 Å². The smallest absolute Gasteiger partial charge is 0.316 e. The van der Waals surface area contributed by atoms with Gasteiger partial charge in [0.2, 0.25) is 0 Å². The number of hydrogen-bond acceptors (Lipinski definition) is 2. The van der Waals surface area contributed by atoms with Gasteiger partial charge < -0.3 is 5.32 Å². The lowest BCUT2D eigenvalue weighted by Crippen LogP contribution is -2.36. The van der Waals surface area contributed by atoms with Crippen molar-refractivity contribution < 1.29 is 13.2 Å². The normalized spacial score (nSPS) is 31.4. The molecule has 1 aromatic carbocycles. The highest BCUT2D eigenvalue weighted by atomic mass is 19.4. The molecule has 2 aliphatic heterocycles. The molecule has 3 rings (SSSR count). The van der Waals surface area contributed by atoms with Crippen molar-refractivity contribution in [3.05, 3.63) is 35.4 Å². The van der Waals surface area contributed by atoms with E-state index in [4.69, 9.17) is 0 Å². The second-order valence-corrected chi connectivity index (χ2v) is 6.28. The molecule has 2 aliphatic rings. The first kappa shape index (κ1) is 14.9. The lowest BCUT2D eigenvalue weighted by atomic mass is 9.95. The van der Waals surface area contributed by atoms with Gasteiger partial charge in [-0.1, -0.05) is 18.2 Å². The minimum absolute atomic E-state index is 0.205. The van der Waals surface area contributed by atoms with Crippen molar-refractivity contribution in [2.45, 2.75) is 32.1 Å². The van der Waals surface area contributed by atoms with Crippen molar-refractivity contribution >= 4 is 0 Å². The average Bonchev–Trinajstić information content (AvgIpc) is 3.01. The van der Waals surface area contributed by atoms with E-state index in [0.717, 1.165) is 19.6 Å². The van der Waals surface area contributed by atoms with Crippen LogP contribution in [0.15, 0.2) is 24.3 Å². The Balaban J connectivity index is 1.88. The molecule has 2 fully saturated rings. The second kappa shape index (κ2) is 5.29. The number of hydrogen-bond donors (Lipinski definition) is 1. The fourth-order valence-electron chi connectivity index (χ4n) is 4.01. The molecule has 116 valence electrons. The molecule has 2 saturated heterocycles. The number of nitrogens with zero attached hydrogens (tertiary/aromatic N) is 1. The Morgan fingerprint density at radius 3 is 2.62 bits per heavy atom. The monoisotopic (exact) mass is 298 g/mol. The average molecular weight is 298 g/mol. The largest absolute Gasteiger partial charge is 0.416 e. The number of alkyl halides is 3. The Kier molecular flexibility index (Phi) is 3.74. The van der Waals surface area contributed by atoms with Crippen LogP contribution in [0.3, 0.4) is 0 Å². The Morgan fingerprint density at radius 1 is 1.24 bits per heavy atom. The third kappa shape index (κ3) is 2.57. The zero-order chi connectivity index (χ0) is 15.2. The summed E-state index contributed by atoms with van der Waals surface area (Å²) < 4.78 is 39.6. The predicted molar refractivity (Wildman–Crippen MR) is 75.9 cm³/mol. The van der Waals surface area contributed by atoms with Crippen LogP contribution in [-0.2, 0) is 6.18 Å². The number of fused-ring (bicyclic) bond motifs is 1. The molecule has 0 aromatic heterocycles. The van der Waals surface area contributed by atoms with Gasteiger partial charge in [-0.05, 0) is 50.4 Å². The van der Waals surface area contributed by atoms with Gasteiger partial charge in [0, 0.05) is 18.6 Å². The molecule has 4 unspecified atom stereocenters. The van der Waals surface area contributed by atoms with Crippen LogP contribution in [0.2, 0.25) is 0 Å². The predicted octanol–water partition coefficient (Wildman–Crippen LogP) is 3.31. The fourth-order valence-corrected chi connectivity index (χ4v) is 4.01. The van der Waals surface area contributed by atoms with Crippen LogP contribution >= 0.6 is 0 Å². The molecule has 0 saturated carbocycles. The van der Waals surface area contributed by atoms with Crippen LogP contribution in [0.4, 0.5) is 13.2 Å². The molecule has 5 heteroatoms. The Bertz CT molecular complexity index is 514.